The number of aryl methyl sites for hydroxylation is 1. The molecule has 3 aromatic heterocycles. The average Bonchev–Trinajstić information content (AvgIpc) is 3.52. The van der Waals surface area contributed by atoms with Crippen LogP contribution in [0.25, 0.3) is 10.9 Å². The minimum atomic E-state index is -0.536. The summed E-state index contributed by atoms with van der Waals surface area (Å²) in [7, 11) is 0. The van der Waals surface area contributed by atoms with E-state index >= 15 is 0 Å². The Hall–Kier alpha value is -4.30. The Morgan fingerprint density at radius 2 is 1.78 bits per heavy atom. The van der Waals surface area contributed by atoms with Gasteiger partial charge in [-0.2, -0.15) is 5.26 Å². The lowest BCUT2D eigenvalue weighted by molar-refractivity contribution is 0.0866. The number of likely N-dealkylation sites (tertiary alicyclic amines) is 1. The molecule has 1 aliphatic heterocycles. The Kier molecular flexibility index (Phi) is 8.84. The number of anilines is 3. The van der Waals surface area contributed by atoms with Crippen LogP contribution in [0, 0.1) is 24.1 Å². The smallest absolute Gasteiger partial charge is 0.141 e. The lowest BCUT2D eigenvalue weighted by atomic mass is 9.98. The first-order valence-corrected chi connectivity index (χ1v) is 15.8. The van der Waals surface area contributed by atoms with E-state index in [9.17, 15) is 9.65 Å². The first kappa shape index (κ1) is 31.7. The summed E-state index contributed by atoms with van der Waals surface area (Å²) in [5, 5.41) is 26.9. The summed E-state index contributed by atoms with van der Waals surface area (Å²) in [5.41, 5.74) is 5.26. The zero-order valence-electron chi connectivity index (χ0n) is 26.0. The molecule has 0 amide bonds. The number of hydrogen-bond donors (Lipinski definition) is 2. The van der Waals surface area contributed by atoms with E-state index in [0.717, 1.165) is 42.8 Å². The molecule has 5 aromatic rings. The molecule has 1 aliphatic rings. The number of nitriles is 1. The summed E-state index contributed by atoms with van der Waals surface area (Å²) < 4.78 is 15.9. The van der Waals surface area contributed by atoms with Gasteiger partial charge in [-0.05, 0) is 82.0 Å². The molecule has 0 saturated carbocycles. The third-order valence-electron chi connectivity index (χ3n) is 8.39. The molecule has 0 spiro atoms. The molecule has 9 nitrogen and oxygen atoms in total. The number of piperidine rings is 1. The highest BCUT2D eigenvalue weighted by Crippen LogP contribution is 2.37. The lowest BCUT2D eigenvalue weighted by Gasteiger charge is -2.40. The summed E-state index contributed by atoms with van der Waals surface area (Å²) in [4.78, 5) is 11.4. The topological polar surface area (TPSA) is 108 Å². The molecule has 1 unspecified atom stereocenters. The van der Waals surface area contributed by atoms with Crippen LogP contribution in [-0.4, -0.2) is 48.5 Å². The van der Waals surface area contributed by atoms with Crippen LogP contribution in [0.15, 0.2) is 61.2 Å². The van der Waals surface area contributed by atoms with Gasteiger partial charge in [0.1, 0.15) is 17.6 Å². The van der Waals surface area contributed by atoms with E-state index in [0.29, 0.717) is 38.6 Å². The van der Waals surface area contributed by atoms with Crippen LogP contribution < -0.4 is 10.6 Å². The van der Waals surface area contributed by atoms with Crippen LogP contribution in [0.4, 0.5) is 21.5 Å². The van der Waals surface area contributed by atoms with E-state index in [1.54, 1.807) is 12.1 Å². The zero-order chi connectivity index (χ0) is 32.6. The predicted molar refractivity (Wildman–Crippen MR) is 180 cm³/mol. The molecular formula is C34H34Cl2FN9. The fraction of sp³-hybridized carbons (Fsp3) is 0.324. The second-order valence-electron chi connectivity index (χ2n) is 12.7. The molecule has 2 N–H and O–H groups in total. The fourth-order valence-corrected chi connectivity index (χ4v) is 6.36. The maximum absolute atomic E-state index is 13.9. The summed E-state index contributed by atoms with van der Waals surface area (Å²) in [6, 6.07) is 12.1. The monoisotopic (exact) mass is 657 g/mol. The molecule has 1 saturated heterocycles. The van der Waals surface area contributed by atoms with Crippen LogP contribution >= 0.6 is 23.2 Å². The highest BCUT2D eigenvalue weighted by atomic mass is 35.5. The molecule has 0 bridgehead atoms. The van der Waals surface area contributed by atoms with E-state index in [-0.39, 0.29) is 16.6 Å². The second kappa shape index (κ2) is 12.8. The number of benzene rings is 2. The second-order valence-corrected chi connectivity index (χ2v) is 13.5. The van der Waals surface area contributed by atoms with Gasteiger partial charge in [0.15, 0.2) is 0 Å². The highest BCUT2D eigenvalue weighted by molar-refractivity contribution is 6.36. The number of hydrogen-bond acceptors (Lipinski definition) is 8. The van der Waals surface area contributed by atoms with Gasteiger partial charge in [0.2, 0.25) is 0 Å². The molecule has 1 fully saturated rings. The summed E-state index contributed by atoms with van der Waals surface area (Å²) >= 11 is 12.8. The first-order valence-electron chi connectivity index (χ1n) is 15.1. The van der Waals surface area contributed by atoms with Gasteiger partial charge < -0.3 is 10.6 Å². The molecule has 1 atom stereocenters. The third-order valence-corrected chi connectivity index (χ3v) is 8.96. The van der Waals surface area contributed by atoms with Crippen molar-refractivity contribution in [3.05, 3.63) is 99.4 Å². The van der Waals surface area contributed by atoms with Gasteiger partial charge in [0.05, 0.1) is 45.1 Å². The quantitative estimate of drug-likeness (QED) is 0.180. The predicted octanol–water partition coefficient (Wildman–Crippen LogP) is 8.23. The maximum Gasteiger partial charge on any atom is 0.141 e. The Morgan fingerprint density at radius 1 is 1.02 bits per heavy atom. The minimum Gasteiger partial charge on any atom is -0.373 e. The third kappa shape index (κ3) is 6.63. The molecule has 236 valence electrons. The maximum atomic E-state index is 13.9. The number of aromatic nitrogens is 5. The normalized spacial score (nSPS) is 15.1. The Labute approximate surface area is 277 Å². The van der Waals surface area contributed by atoms with E-state index in [4.69, 9.17) is 23.2 Å². The lowest BCUT2D eigenvalue weighted by Crippen LogP contribution is -2.46. The van der Waals surface area contributed by atoms with Crippen molar-refractivity contribution in [2.45, 2.75) is 58.2 Å². The molecule has 0 radical (unpaired) electrons. The van der Waals surface area contributed by atoms with Gasteiger partial charge in [-0.25, -0.2) is 9.07 Å². The molecule has 4 heterocycles. The van der Waals surface area contributed by atoms with Crippen molar-refractivity contribution >= 4 is 51.2 Å². The van der Waals surface area contributed by atoms with E-state index in [2.05, 4.69) is 68.7 Å². The van der Waals surface area contributed by atoms with Crippen LogP contribution in [0.5, 0.6) is 0 Å². The standard InChI is InChI=1S/C34H34Cl2FN9/c1-20-11-21(17-39-16-20)32(30-19-46(44-43-30)25-7-9-45(10-8-25)34(2,3)4)42-24-12-26-31(41-23-5-6-29(37)27(35)13-23)22(15-38)18-40-33(26)28(36)14-24/h5-6,11-14,16-19,25,32,42H,7-10H2,1-4H3,(H,40,41). The van der Waals surface area contributed by atoms with Crippen molar-refractivity contribution in [2.75, 3.05) is 23.7 Å². The number of nitrogens with one attached hydrogen (secondary N) is 2. The molecular weight excluding hydrogens is 624 g/mol. The summed E-state index contributed by atoms with van der Waals surface area (Å²) in [5.74, 6) is -0.536. The zero-order valence-corrected chi connectivity index (χ0v) is 27.5. The largest absolute Gasteiger partial charge is 0.373 e. The van der Waals surface area contributed by atoms with Crippen molar-refractivity contribution in [3.63, 3.8) is 0 Å². The molecule has 12 heteroatoms. The van der Waals surface area contributed by atoms with Gasteiger partial charge in [-0.3, -0.25) is 14.9 Å². The van der Waals surface area contributed by atoms with E-state index in [1.165, 1.54) is 18.3 Å². The van der Waals surface area contributed by atoms with Gasteiger partial charge in [-0.1, -0.05) is 34.5 Å². The van der Waals surface area contributed by atoms with Gasteiger partial charge in [0.25, 0.3) is 0 Å². The molecule has 46 heavy (non-hydrogen) atoms. The van der Waals surface area contributed by atoms with Gasteiger partial charge in [0, 0.05) is 54.0 Å². The SMILES string of the molecule is Cc1cncc(C(Nc2cc(Cl)c3ncc(C#N)c(Nc4ccc(F)c(Cl)c4)c3c2)c2cn(C3CCN(C(C)(C)C)CC3)nn2)c1. The van der Waals surface area contributed by atoms with Gasteiger partial charge in [-0.15, -0.1) is 5.10 Å². The number of halogens is 3. The average molecular weight is 659 g/mol. The van der Waals surface area contributed by atoms with Crippen LogP contribution in [0.3, 0.4) is 0 Å². The minimum absolute atomic E-state index is 0.0373. The van der Waals surface area contributed by atoms with E-state index < -0.39 is 11.9 Å². The van der Waals surface area contributed by atoms with Crippen molar-refractivity contribution in [2.24, 2.45) is 0 Å². The number of nitrogens with zero attached hydrogens (tertiary/aromatic N) is 7. The molecule has 6 rings (SSSR count). The van der Waals surface area contributed by atoms with Crippen LogP contribution in [0.1, 0.15) is 68.1 Å². The Bertz CT molecular complexity index is 1940. The summed E-state index contributed by atoms with van der Waals surface area (Å²) in [6.07, 6.45) is 9.08. The summed E-state index contributed by atoms with van der Waals surface area (Å²) in [6.45, 7) is 10.8. The Morgan fingerprint density at radius 3 is 2.48 bits per heavy atom. The first-order chi connectivity index (χ1) is 22.0. The van der Waals surface area contributed by atoms with Crippen molar-refractivity contribution in [1.82, 2.24) is 29.9 Å². The van der Waals surface area contributed by atoms with Crippen molar-refractivity contribution in [3.8, 4) is 6.07 Å². The number of pyridine rings is 2. The van der Waals surface area contributed by atoms with Crippen LogP contribution in [0.2, 0.25) is 10.0 Å². The Balaban J connectivity index is 1.36. The van der Waals surface area contributed by atoms with Crippen LogP contribution in [-0.2, 0) is 0 Å². The number of rotatable bonds is 7. The fourth-order valence-electron chi connectivity index (χ4n) is 5.91. The van der Waals surface area contributed by atoms with Gasteiger partial charge >= 0.3 is 0 Å². The van der Waals surface area contributed by atoms with Crippen molar-refractivity contribution < 1.29 is 4.39 Å². The highest BCUT2D eigenvalue weighted by Gasteiger charge is 2.29. The van der Waals surface area contributed by atoms with Crippen molar-refractivity contribution in [1.29, 1.82) is 5.26 Å². The number of fused-ring (bicyclic) bond motifs is 1. The molecule has 2 aromatic carbocycles. The molecule has 0 aliphatic carbocycles. The van der Waals surface area contributed by atoms with E-state index in [1.807, 2.05) is 36.3 Å².